The molecule has 1 saturated heterocycles. The molecule has 5 heterocycles. The summed E-state index contributed by atoms with van der Waals surface area (Å²) < 4.78 is 1.42. The number of nitrogen functional groups attached to an aromatic ring is 1. The van der Waals surface area contributed by atoms with Crippen LogP contribution in [0.2, 0.25) is 0 Å². The Morgan fingerprint density at radius 2 is 2.12 bits per heavy atom. The summed E-state index contributed by atoms with van der Waals surface area (Å²) in [5.41, 5.74) is 6.60. The first kappa shape index (κ1) is 27.3. The molecule has 2 aliphatic rings. The van der Waals surface area contributed by atoms with Gasteiger partial charge in [0, 0.05) is 16.9 Å². The summed E-state index contributed by atoms with van der Waals surface area (Å²) in [5, 5.41) is 34.8. The highest BCUT2D eigenvalue weighted by Crippen LogP contribution is 2.41. The van der Waals surface area contributed by atoms with Gasteiger partial charge in [0.2, 0.25) is 0 Å². The van der Waals surface area contributed by atoms with Crippen molar-refractivity contribution in [2.75, 3.05) is 24.3 Å². The number of carboxylic acids is 2. The van der Waals surface area contributed by atoms with Gasteiger partial charge in [-0.3, -0.25) is 19.3 Å². The number of hydrogen-bond donors (Lipinski definition) is 4. The Morgan fingerprint density at radius 3 is 2.80 bits per heavy atom. The lowest BCUT2D eigenvalue weighted by atomic mass is 10.0. The number of fused-ring (bicyclic) bond motifs is 2. The van der Waals surface area contributed by atoms with Crippen LogP contribution in [0.25, 0.3) is 5.65 Å². The van der Waals surface area contributed by atoms with Gasteiger partial charge in [-0.05, 0) is 11.6 Å². The fraction of sp³-hybridized carbons (Fsp3) is 0.286. The van der Waals surface area contributed by atoms with Crippen molar-refractivity contribution in [1.29, 1.82) is 0 Å². The number of β-lactam (4-membered cyclic amide) rings is 1. The lowest BCUT2D eigenvalue weighted by Gasteiger charge is -2.49. The second-order valence-electron chi connectivity index (χ2n) is 8.26. The number of rotatable bonds is 10. The number of thiazole rings is 1. The van der Waals surface area contributed by atoms with Crippen LogP contribution in [-0.4, -0.2) is 99.4 Å². The lowest BCUT2D eigenvalue weighted by Crippen LogP contribution is -2.71. The standard InChI is InChI=1S/C21H19N9O7S3/c1-37-27-14(10-7-40-21(22)25-10)17(33)26-15-18(34)29-16(20(35)36)8(6-39-19(15)29)5-38-12-2-9(3-13(31)32)24-11-4-23-28-30(11)12/h2,4,7,15,19H,3,5-6H2,1H3,(H2,22,25)(H,26,33)(H,31,32)(H,35,36)/b27-14-/t15-,19-/m1/s1. The molecule has 208 valence electrons. The zero-order valence-electron chi connectivity index (χ0n) is 20.4. The molecule has 2 aliphatic heterocycles. The lowest BCUT2D eigenvalue weighted by molar-refractivity contribution is -0.150. The molecule has 1 fully saturated rings. The molecule has 0 radical (unpaired) electrons. The molecular weight excluding hydrogens is 586 g/mol. The minimum Gasteiger partial charge on any atom is -0.481 e. The molecule has 0 aliphatic carbocycles. The summed E-state index contributed by atoms with van der Waals surface area (Å²) in [5.74, 6) is -3.22. The summed E-state index contributed by atoms with van der Waals surface area (Å²) >= 11 is 3.61. The van der Waals surface area contributed by atoms with Crippen LogP contribution in [-0.2, 0) is 30.4 Å². The summed E-state index contributed by atoms with van der Waals surface area (Å²) in [6.45, 7) is 0. The third-order valence-electron chi connectivity index (χ3n) is 5.71. The molecule has 40 heavy (non-hydrogen) atoms. The Hall–Kier alpha value is -4.23. The van der Waals surface area contributed by atoms with Gasteiger partial charge < -0.3 is 26.1 Å². The van der Waals surface area contributed by atoms with Crippen molar-refractivity contribution in [3.05, 3.63) is 40.3 Å². The Bertz CT molecular complexity index is 1600. The first-order chi connectivity index (χ1) is 19.2. The smallest absolute Gasteiger partial charge is 0.352 e. The third kappa shape index (κ3) is 5.17. The SMILES string of the molecule is CO/N=C(\C(=O)N[C@@H]1C(=O)N2C(C(=O)O)=C(CSc3cc(CC(=O)O)nc4cnnn34)CS[C@H]12)c1csc(N)n1. The maximum atomic E-state index is 13.1. The molecule has 3 aromatic rings. The van der Waals surface area contributed by atoms with Crippen molar-refractivity contribution in [3.8, 4) is 0 Å². The number of carbonyl (C=O) groups is 4. The molecule has 3 aromatic heterocycles. The Balaban J connectivity index is 1.34. The van der Waals surface area contributed by atoms with Crippen molar-refractivity contribution >= 4 is 75.1 Å². The normalized spacial score (nSPS) is 18.9. The molecular formula is C21H19N9O7S3. The first-order valence-corrected chi connectivity index (χ1v) is 14.2. The molecule has 2 atom stereocenters. The fourth-order valence-electron chi connectivity index (χ4n) is 4.05. The summed E-state index contributed by atoms with van der Waals surface area (Å²) in [4.78, 5) is 63.6. The van der Waals surface area contributed by atoms with Crippen LogP contribution in [0.4, 0.5) is 5.13 Å². The quantitative estimate of drug-likeness (QED) is 0.0763. The van der Waals surface area contributed by atoms with Crippen molar-refractivity contribution in [1.82, 2.24) is 35.0 Å². The average molecular weight is 606 g/mol. The van der Waals surface area contributed by atoms with E-state index in [0.717, 1.165) is 16.2 Å². The van der Waals surface area contributed by atoms with E-state index in [9.17, 15) is 24.3 Å². The number of nitrogens with zero attached hydrogens (tertiary/aromatic N) is 7. The Kier molecular flexibility index (Phi) is 7.59. The number of hydrogen-bond acceptors (Lipinski definition) is 14. The number of carboxylic acid groups (broad SMARTS) is 2. The number of amides is 2. The van der Waals surface area contributed by atoms with E-state index in [1.54, 1.807) is 6.07 Å². The number of anilines is 1. The predicted molar refractivity (Wildman–Crippen MR) is 143 cm³/mol. The molecule has 5 rings (SSSR count). The number of nitrogens with one attached hydrogen (secondary N) is 1. The molecule has 16 nitrogen and oxygen atoms in total. The molecule has 0 bridgehead atoms. The molecule has 19 heteroatoms. The molecule has 0 saturated carbocycles. The molecule has 0 aromatic carbocycles. The number of aromatic nitrogens is 5. The number of thioether (sulfide) groups is 2. The zero-order chi connectivity index (χ0) is 28.6. The number of carbonyl (C=O) groups excluding carboxylic acids is 2. The van der Waals surface area contributed by atoms with Crippen molar-refractivity contribution < 1.29 is 34.2 Å². The molecule has 5 N–H and O–H groups in total. The predicted octanol–water partition coefficient (Wildman–Crippen LogP) is -0.328. The van der Waals surface area contributed by atoms with E-state index >= 15 is 0 Å². The number of aliphatic carboxylic acids is 2. The van der Waals surface area contributed by atoms with Crippen LogP contribution in [0.1, 0.15) is 11.4 Å². The van der Waals surface area contributed by atoms with Crippen LogP contribution < -0.4 is 11.1 Å². The fourth-order valence-corrected chi connectivity index (χ4v) is 7.11. The highest BCUT2D eigenvalue weighted by atomic mass is 32.2. The average Bonchev–Trinajstić information content (AvgIpc) is 3.56. The van der Waals surface area contributed by atoms with Gasteiger partial charge in [0.25, 0.3) is 11.8 Å². The minimum atomic E-state index is -1.29. The number of nitrogens with two attached hydrogens (primary N) is 1. The third-order valence-corrected chi connectivity index (χ3v) is 8.81. The van der Waals surface area contributed by atoms with Crippen molar-refractivity contribution in [2.24, 2.45) is 5.16 Å². The van der Waals surface area contributed by atoms with Crippen LogP contribution in [0.15, 0.2) is 39.1 Å². The second kappa shape index (κ2) is 11.1. The minimum absolute atomic E-state index is 0.167. The molecule has 0 unspecified atom stereocenters. The first-order valence-electron chi connectivity index (χ1n) is 11.3. The van der Waals surface area contributed by atoms with Gasteiger partial charge in [-0.15, -0.1) is 40.0 Å². The van der Waals surface area contributed by atoms with Gasteiger partial charge in [0.15, 0.2) is 16.5 Å². The highest BCUT2D eigenvalue weighted by molar-refractivity contribution is 8.01. The highest BCUT2D eigenvalue weighted by Gasteiger charge is 2.54. The Morgan fingerprint density at radius 1 is 1.32 bits per heavy atom. The summed E-state index contributed by atoms with van der Waals surface area (Å²) in [6, 6.07) is 0.558. The van der Waals surface area contributed by atoms with E-state index in [4.69, 9.17) is 15.7 Å². The van der Waals surface area contributed by atoms with Crippen LogP contribution in [0.3, 0.4) is 0 Å². The summed E-state index contributed by atoms with van der Waals surface area (Å²) in [6.07, 6.45) is 1.08. The van der Waals surface area contributed by atoms with Crippen LogP contribution in [0.5, 0.6) is 0 Å². The largest absolute Gasteiger partial charge is 0.481 e. The van der Waals surface area contributed by atoms with Gasteiger partial charge in [0.1, 0.15) is 34.9 Å². The maximum absolute atomic E-state index is 13.1. The van der Waals surface area contributed by atoms with Crippen LogP contribution in [0, 0.1) is 0 Å². The van der Waals surface area contributed by atoms with Crippen molar-refractivity contribution in [2.45, 2.75) is 22.9 Å². The van der Waals surface area contributed by atoms with E-state index in [-0.39, 0.29) is 40.2 Å². The van der Waals surface area contributed by atoms with Crippen molar-refractivity contribution in [3.63, 3.8) is 0 Å². The monoisotopic (exact) mass is 605 g/mol. The van der Waals surface area contributed by atoms with Gasteiger partial charge in [-0.2, -0.15) is 4.52 Å². The zero-order valence-corrected chi connectivity index (χ0v) is 22.8. The molecule has 2 amide bonds. The topological polar surface area (TPSA) is 228 Å². The van der Waals surface area contributed by atoms with Gasteiger partial charge in [0.05, 0.1) is 18.3 Å². The Labute approximate surface area is 236 Å². The van der Waals surface area contributed by atoms with Gasteiger partial charge >= 0.3 is 11.9 Å². The van der Waals surface area contributed by atoms with Crippen LogP contribution >= 0.6 is 34.9 Å². The van der Waals surface area contributed by atoms with E-state index in [0.29, 0.717) is 21.9 Å². The van der Waals surface area contributed by atoms with E-state index in [1.165, 1.54) is 46.7 Å². The van der Waals surface area contributed by atoms with Gasteiger partial charge in [-0.25, -0.2) is 14.8 Å². The van der Waals surface area contributed by atoms with E-state index < -0.39 is 35.2 Å². The van der Waals surface area contributed by atoms with E-state index in [1.807, 2.05) is 0 Å². The van der Waals surface area contributed by atoms with Gasteiger partial charge in [-0.1, -0.05) is 10.4 Å². The summed E-state index contributed by atoms with van der Waals surface area (Å²) in [7, 11) is 1.26. The molecule has 0 spiro atoms. The number of oxime groups is 1. The maximum Gasteiger partial charge on any atom is 0.352 e. The van der Waals surface area contributed by atoms with E-state index in [2.05, 4.69) is 30.8 Å². The second-order valence-corrected chi connectivity index (χ2v) is 11.3.